The van der Waals surface area contributed by atoms with Crippen LogP contribution in [-0.2, 0) is 0 Å². The van der Waals surface area contributed by atoms with E-state index in [1.54, 1.807) is 48.5 Å². The summed E-state index contributed by atoms with van der Waals surface area (Å²) in [7, 11) is 0. The Morgan fingerprint density at radius 1 is 0.580 bits per heavy atom. The molecule has 4 aliphatic carbocycles. The average Bonchev–Trinajstić information content (AvgIpc) is 3.10. The summed E-state index contributed by atoms with van der Waals surface area (Å²) in [6.45, 7) is 1.18. The van der Waals surface area contributed by atoms with Crippen LogP contribution in [0, 0.1) is 42.9 Å². The number of ether oxygens (including phenoxy) is 2. The van der Waals surface area contributed by atoms with Crippen LogP contribution in [0.1, 0.15) is 59.2 Å². The second-order valence-corrected chi connectivity index (χ2v) is 14.1. The smallest absolute Gasteiger partial charge is 0.269 e. The Morgan fingerprint density at radius 2 is 0.900 bits per heavy atom. The SMILES string of the molecule is O=C(NCC12CC3CC(C1)CC(CNC(=O)c1ccc(Oc4ccc([N+](=O)[O-])cc4)cc1)(C3)C2)c1ccc(Oc2ccc([N+](=O)[O-])cc2)cc1. The van der Waals surface area contributed by atoms with Gasteiger partial charge >= 0.3 is 0 Å². The molecular weight excluding hydrogens is 640 g/mol. The van der Waals surface area contributed by atoms with Crippen LogP contribution in [0.4, 0.5) is 11.4 Å². The first kappa shape index (κ1) is 32.8. The fraction of sp³-hybridized carbons (Fsp3) is 0.316. The van der Waals surface area contributed by atoms with Gasteiger partial charge in [0.05, 0.1) is 9.85 Å². The lowest BCUT2D eigenvalue weighted by molar-refractivity contribution is -0.385. The van der Waals surface area contributed by atoms with Gasteiger partial charge in [-0.05, 0) is 134 Å². The van der Waals surface area contributed by atoms with Gasteiger partial charge in [-0.1, -0.05) is 0 Å². The molecule has 256 valence electrons. The number of nitro groups is 2. The summed E-state index contributed by atoms with van der Waals surface area (Å²) in [5, 5.41) is 28.2. The maximum absolute atomic E-state index is 13.2. The summed E-state index contributed by atoms with van der Waals surface area (Å²) in [5.41, 5.74) is 1.02. The van der Waals surface area contributed by atoms with Crippen molar-refractivity contribution in [3.63, 3.8) is 0 Å². The molecule has 0 saturated heterocycles. The number of nitrogens with one attached hydrogen (secondary N) is 2. The van der Waals surface area contributed by atoms with Crippen molar-refractivity contribution < 1.29 is 28.9 Å². The molecule has 0 aromatic heterocycles. The normalized spacial score (nSPS) is 23.1. The largest absolute Gasteiger partial charge is 0.457 e. The average molecular weight is 677 g/mol. The van der Waals surface area contributed by atoms with Gasteiger partial charge < -0.3 is 20.1 Å². The number of nitrogens with zero attached hydrogens (tertiary/aromatic N) is 2. The van der Waals surface area contributed by atoms with Crippen LogP contribution in [0.25, 0.3) is 0 Å². The molecule has 4 aromatic carbocycles. The third-order valence-corrected chi connectivity index (χ3v) is 10.4. The minimum absolute atomic E-state index is 0.000296. The Hall–Kier alpha value is -5.78. The van der Waals surface area contributed by atoms with Gasteiger partial charge in [0.2, 0.25) is 0 Å². The number of carbonyl (C=O) groups is 2. The van der Waals surface area contributed by atoms with Crippen LogP contribution in [0.15, 0.2) is 97.1 Å². The molecule has 2 N–H and O–H groups in total. The van der Waals surface area contributed by atoms with Crippen LogP contribution < -0.4 is 20.1 Å². The number of hydrogen-bond acceptors (Lipinski definition) is 8. The van der Waals surface area contributed by atoms with Gasteiger partial charge in [-0.3, -0.25) is 29.8 Å². The third kappa shape index (κ3) is 7.14. The molecular formula is C38H36N4O8. The molecule has 0 radical (unpaired) electrons. The minimum atomic E-state index is -0.466. The molecule has 12 heteroatoms. The van der Waals surface area contributed by atoms with Crippen molar-refractivity contribution in [2.75, 3.05) is 13.1 Å². The summed E-state index contributed by atoms with van der Waals surface area (Å²) < 4.78 is 11.6. The van der Waals surface area contributed by atoms with E-state index in [1.165, 1.54) is 55.0 Å². The summed E-state index contributed by atoms with van der Waals surface area (Å²) in [6.07, 6.45) is 6.49. The van der Waals surface area contributed by atoms with E-state index in [9.17, 15) is 29.8 Å². The Bertz CT molecular complexity index is 1760. The van der Waals surface area contributed by atoms with Crippen molar-refractivity contribution in [2.24, 2.45) is 22.7 Å². The first-order valence-corrected chi connectivity index (χ1v) is 16.7. The zero-order chi connectivity index (χ0) is 34.9. The van der Waals surface area contributed by atoms with E-state index in [1.807, 2.05) is 0 Å². The van der Waals surface area contributed by atoms with E-state index >= 15 is 0 Å². The zero-order valence-electron chi connectivity index (χ0n) is 27.2. The molecule has 0 unspecified atom stereocenters. The minimum Gasteiger partial charge on any atom is -0.457 e. The van der Waals surface area contributed by atoms with E-state index in [0.29, 0.717) is 59.1 Å². The van der Waals surface area contributed by atoms with Gasteiger partial charge in [0, 0.05) is 48.5 Å². The predicted molar refractivity (Wildman–Crippen MR) is 183 cm³/mol. The fourth-order valence-electron chi connectivity index (χ4n) is 8.70. The second kappa shape index (κ2) is 13.3. The molecule has 8 rings (SSSR count). The molecule has 4 fully saturated rings. The van der Waals surface area contributed by atoms with Gasteiger partial charge in [-0.2, -0.15) is 0 Å². The lowest BCUT2D eigenvalue weighted by Crippen LogP contribution is -2.58. The molecule has 12 nitrogen and oxygen atoms in total. The third-order valence-electron chi connectivity index (χ3n) is 10.4. The maximum atomic E-state index is 13.2. The van der Waals surface area contributed by atoms with Crippen molar-refractivity contribution in [1.82, 2.24) is 10.6 Å². The topological polar surface area (TPSA) is 163 Å². The summed E-state index contributed by atoms with van der Waals surface area (Å²) in [4.78, 5) is 47.3. The van der Waals surface area contributed by atoms with Crippen LogP contribution in [-0.4, -0.2) is 34.8 Å². The highest BCUT2D eigenvalue weighted by molar-refractivity contribution is 5.94. The molecule has 4 bridgehead atoms. The van der Waals surface area contributed by atoms with Crippen molar-refractivity contribution in [1.29, 1.82) is 0 Å². The molecule has 4 saturated carbocycles. The van der Waals surface area contributed by atoms with Crippen molar-refractivity contribution in [2.45, 2.75) is 38.5 Å². The van der Waals surface area contributed by atoms with Crippen LogP contribution >= 0.6 is 0 Å². The van der Waals surface area contributed by atoms with E-state index in [2.05, 4.69) is 10.6 Å². The molecule has 50 heavy (non-hydrogen) atoms. The van der Waals surface area contributed by atoms with Crippen LogP contribution in [0.5, 0.6) is 23.0 Å². The first-order valence-electron chi connectivity index (χ1n) is 16.7. The second-order valence-electron chi connectivity index (χ2n) is 14.1. The van der Waals surface area contributed by atoms with Crippen LogP contribution in [0.2, 0.25) is 0 Å². The van der Waals surface area contributed by atoms with E-state index in [4.69, 9.17) is 9.47 Å². The number of carbonyl (C=O) groups excluding carboxylic acids is 2. The predicted octanol–water partition coefficient (Wildman–Crippen LogP) is 7.83. The number of non-ortho nitro benzene ring substituents is 2. The quantitative estimate of drug-likeness (QED) is 0.113. The fourth-order valence-corrected chi connectivity index (χ4v) is 8.70. The van der Waals surface area contributed by atoms with Crippen molar-refractivity contribution in [3.05, 3.63) is 128 Å². The van der Waals surface area contributed by atoms with E-state index in [-0.39, 0.29) is 34.0 Å². The Morgan fingerprint density at radius 3 is 1.22 bits per heavy atom. The molecule has 4 aliphatic rings. The van der Waals surface area contributed by atoms with Gasteiger partial charge in [0.25, 0.3) is 23.2 Å². The Balaban J connectivity index is 0.927. The molecule has 4 aromatic rings. The van der Waals surface area contributed by atoms with E-state index in [0.717, 1.165) is 32.1 Å². The summed E-state index contributed by atoms with van der Waals surface area (Å²) in [5.74, 6) is 2.83. The van der Waals surface area contributed by atoms with Gasteiger partial charge in [-0.15, -0.1) is 0 Å². The number of rotatable bonds is 12. The maximum Gasteiger partial charge on any atom is 0.269 e. The zero-order valence-corrected chi connectivity index (χ0v) is 27.2. The van der Waals surface area contributed by atoms with Gasteiger partial charge in [-0.25, -0.2) is 0 Å². The van der Waals surface area contributed by atoms with Crippen molar-refractivity contribution >= 4 is 23.2 Å². The van der Waals surface area contributed by atoms with Gasteiger partial charge in [0.1, 0.15) is 23.0 Å². The van der Waals surface area contributed by atoms with Crippen molar-refractivity contribution in [3.8, 4) is 23.0 Å². The van der Waals surface area contributed by atoms with Gasteiger partial charge in [0.15, 0.2) is 0 Å². The molecule has 0 atom stereocenters. The Labute approximate surface area is 288 Å². The lowest BCUT2D eigenvalue weighted by atomic mass is 9.44. The molecule has 0 heterocycles. The molecule has 2 amide bonds. The highest BCUT2D eigenvalue weighted by Gasteiger charge is 2.57. The number of nitro benzene ring substituents is 2. The monoisotopic (exact) mass is 676 g/mol. The Kier molecular flexibility index (Phi) is 8.69. The summed E-state index contributed by atoms with van der Waals surface area (Å²) >= 11 is 0. The highest BCUT2D eigenvalue weighted by atomic mass is 16.6. The first-order chi connectivity index (χ1) is 24.1. The highest BCUT2D eigenvalue weighted by Crippen LogP contribution is 2.64. The van der Waals surface area contributed by atoms with E-state index < -0.39 is 9.85 Å². The summed E-state index contributed by atoms with van der Waals surface area (Å²) in [6, 6.07) is 25.3. The molecule has 0 aliphatic heterocycles. The lowest BCUT2D eigenvalue weighted by Gasteiger charge is -2.62. The molecule has 0 spiro atoms. The standard InChI is InChI=1S/C38H36N4O8/c43-35(27-1-9-31(10-2-27)49-33-13-5-29(6-14-33)41(45)46)39-23-37-18-25-17-26(19-37)21-38(20-25,22-37)24-40-36(44)28-3-11-32(12-4-28)50-34-15-7-30(8-16-34)42(47)48/h1-16,25-26H,17-24H2,(H,39,43)(H,40,44). The number of amides is 2. The van der Waals surface area contributed by atoms with Crippen LogP contribution in [0.3, 0.4) is 0 Å². The number of hydrogen-bond donors (Lipinski definition) is 2. The number of benzene rings is 4.